The van der Waals surface area contributed by atoms with E-state index in [1.165, 1.54) is 77.2 Å². The van der Waals surface area contributed by atoms with Gasteiger partial charge in [0.1, 0.15) is 0 Å². The molecule has 0 saturated carbocycles. The van der Waals surface area contributed by atoms with Gasteiger partial charge in [0.2, 0.25) is 0 Å². The van der Waals surface area contributed by atoms with Gasteiger partial charge in [0.15, 0.2) is 0 Å². The van der Waals surface area contributed by atoms with E-state index >= 15 is 0 Å². The molecule has 0 aromatic heterocycles. The number of anilines is 3. The molecule has 0 fully saturated rings. The van der Waals surface area contributed by atoms with Gasteiger partial charge >= 0.3 is 0 Å². The Bertz CT molecular complexity index is 2570. The molecule has 8 aromatic carbocycles. The largest absolute Gasteiger partial charge is 0.311 e. The van der Waals surface area contributed by atoms with Gasteiger partial charge in [0.05, 0.1) is 0 Å². The molecule has 8 aromatic rings. The Morgan fingerprint density at radius 1 is 0.265 bits per heavy atom. The van der Waals surface area contributed by atoms with Crippen LogP contribution in [0.4, 0.5) is 17.1 Å². The van der Waals surface area contributed by atoms with Crippen LogP contribution in [0.2, 0.25) is 0 Å². The van der Waals surface area contributed by atoms with Crippen LogP contribution in [0.1, 0.15) is 33.4 Å². The predicted octanol–water partition coefficient (Wildman–Crippen LogP) is 12.7. The quantitative estimate of drug-likeness (QED) is 0.185. The van der Waals surface area contributed by atoms with E-state index in [2.05, 4.69) is 193 Å². The van der Waals surface area contributed by atoms with E-state index in [1.807, 2.05) is 0 Å². The minimum atomic E-state index is 1.13. The first-order valence-electron chi connectivity index (χ1n) is 17.0. The molecular weight excluding hydrogens is 591 g/mol. The van der Waals surface area contributed by atoms with Crippen LogP contribution in [0, 0.1) is 0 Å². The zero-order valence-corrected chi connectivity index (χ0v) is 26.8. The summed E-state index contributed by atoms with van der Waals surface area (Å²) in [6.07, 6.45) is 0. The van der Waals surface area contributed by atoms with Gasteiger partial charge in [-0.2, -0.15) is 0 Å². The van der Waals surface area contributed by atoms with Gasteiger partial charge in [-0.25, -0.2) is 0 Å². The Morgan fingerprint density at radius 2 is 0.653 bits per heavy atom. The van der Waals surface area contributed by atoms with Crippen molar-refractivity contribution in [1.82, 2.24) is 0 Å². The molecule has 0 aliphatic heterocycles. The first-order chi connectivity index (χ1) is 24.3. The van der Waals surface area contributed by atoms with Crippen LogP contribution < -0.4 is 4.90 Å². The molecule has 0 unspecified atom stereocenters. The third kappa shape index (κ3) is 4.26. The number of fused-ring (bicyclic) bond motifs is 9. The SMILES string of the molecule is c1ccc(C2=C3C(=C(c4ccc(N(c5ccccc5)c5ccccc5)cc4)c4c3ccc3ccccc43)c3ccc4ccccc4c32)cc1. The molecule has 49 heavy (non-hydrogen) atoms. The predicted molar refractivity (Wildman–Crippen MR) is 207 cm³/mol. The van der Waals surface area contributed by atoms with Crippen LogP contribution in [0.15, 0.2) is 188 Å². The summed E-state index contributed by atoms with van der Waals surface area (Å²) in [6.45, 7) is 0. The highest BCUT2D eigenvalue weighted by molar-refractivity contribution is 6.38. The maximum Gasteiger partial charge on any atom is 0.0462 e. The zero-order chi connectivity index (χ0) is 32.3. The number of allylic oxidation sites excluding steroid dienone is 2. The number of rotatable bonds is 5. The molecule has 1 nitrogen and oxygen atoms in total. The first-order valence-corrected chi connectivity index (χ1v) is 17.0. The van der Waals surface area contributed by atoms with E-state index in [0.717, 1.165) is 17.1 Å². The molecular formula is C48H31N. The summed E-state index contributed by atoms with van der Waals surface area (Å²) in [5, 5.41) is 5.11. The third-order valence-electron chi connectivity index (χ3n) is 10.2. The van der Waals surface area contributed by atoms with E-state index in [9.17, 15) is 0 Å². The molecule has 2 aliphatic rings. The summed E-state index contributed by atoms with van der Waals surface area (Å²) in [4.78, 5) is 2.33. The number of nitrogens with zero attached hydrogens (tertiary/aromatic N) is 1. The summed E-state index contributed by atoms with van der Waals surface area (Å²) in [6, 6.07) is 68.4. The van der Waals surface area contributed by atoms with Crippen molar-refractivity contribution in [1.29, 1.82) is 0 Å². The van der Waals surface area contributed by atoms with Crippen LogP contribution in [-0.4, -0.2) is 0 Å². The summed E-state index contributed by atoms with van der Waals surface area (Å²) in [5.74, 6) is 0. The van der Waals surface area contributed by atoms with Crippen molar-refractivity contribution in [2.45, 2.75) is 0 Å². The van der Waals surface area contributed by atoms with Gasteiger partial charge in [-0.3, -0.25) is 0 Å². The van der Waals surface area contributed by atoms with E-state index in [1.54, 1.807) is 0 Å². The third-order valence-corrected chi connectivity index (χ3v) is 10.2. The Labute approximate surface area is 286 Å². The normalized spacial score (nSPS) is 13.1. The second-order valence-corrected chi connectivity index (χ2v) is 12.8. The molecule has 1 heteroatoms. The molecule has 0 atom stereocenters. The monoisotopic (exact) mass is 621 g/mol. The Hall–Kier alpha value is -6.44. The molecule has 0 spiro atoms. The standard InChI is InChI=1S/C48H31N/c1-4-16-34(17-5-1)43-45-39-22-12-10-14-32(39)26-30-41(45)48-44(46-40-23-13-11-15-33(40)27-31-42(46)47(43)48)35-24-28-38(29-25-35)49(36-18-6-2-7-19-36)37-20-8-3-9-21-37/h1-31H. The maximum absolute atomic E-state index is 2.36. The minimum absolute atomic E-state index is 1.13. The van der Waals surface area contributed by atoms with Crippen LogP contribution in [0.3, 0.4) is 0 Å². The second-order valence-electron chi connectivity index (χ2n) is 12.8. The molecule has 0 bridgehead atoms. The average Bonchev–Trinajstić information content (AvgIpc) is 3.70. The number of benzene rings is 8. The summed E-state index contributed by atoms with van der Waals surface area (Å²) in [7, 11) is 0. The number of hydrogen-bond acceptors (Lipinski definition) is 1. The van der Waals surface area contributed by atoms with Crippen LogP contribution >= 0.6 is 0 Å². The molecule has 0 radical (unpaired) electrons. The number of para-hydroxylation sites is 2. The van der Waals surface area contributed by atoms with Crippen molar-refractivity contribution in [2.75, 3.05) is 4.90 Å². The van der Waals surface area contributed by atoms with Crippen molar-refractivity contribution in [3.05, 3.63) is 221 Å². The van der Waals surface area contributed by atoms with Gasteiger partial charge in [-0.1, -0.05) is 152 Å². The number of hydrogen-bond donors (Lipinski definition) is 0. The molecule has 10 rings (SSSR count). The fraction of sp³-hybridized carbons (Fsp3) is 0. The molecule has 228 valence electrons. The lowest BCUT2D eigenvalue weighted by molar-refractivity contribution is 1.28. The lowest BCUT2D eigenvalue weighted by Gasteiger charge is -2.25. The average molecular weight is 622 g/mol. The van der Waals surface area contributed by atoms with E-state index in [4.69, 9.17) is 0 Å². The fourth-order valence-electron chi connectivity index (χ4n) is 8.10. The highest BCUT2D eigenvalue weighted by Gasteiger charge is 2.39. The van der Waals surface area contributed by atoms with Gasteiger partial charge in [-0.05, 0) is 114 Å². The lowest BCUT2D eigenvalue weighted by atomic mass is 9.87. The summed E-state index contributed by atoms with van der Waals surface area (Å²) < 4.78 is 0. The maximum atomic E-state index is 2.36. The van der Waals surface area contributed by atoms with Gasteiger partial charge in [0.25, 0.3) is 0 Å². The summed E-state index contributed by atoms with van der Waals surface area (Å²) >= 11 is 0. The fourth-order valence-corrected chi connectivity index (χ4v) is 8.10. The topological polar surface area (TPSA) is 3.24 Å². The van der Waals surface area contributed by atoms with E-state index in [0.29, 0.717) is 0 Å². The van der Waals surface area contributed by atoms with E-state index in [-0.39, 0.29) is 0 Å². The summed E-state index contributed by atoms with van der Waals surface area (Å²) in [5.41, 5.74) is 16.5. The Kier molecular flexibility index (Phi) is 6.25. The second kappa shape index (κ2) is 11.1. The molecule has 2 aliphatic carbocycles. The van der Waals surface area contributed by atoms with Crippen molar-refractivity contribution in [3.8, 4) is 0 Å². The highest BCUT2D eigenvalue weighted by atomic mass is 15.1. The van der Waals surface area contributed by atoms with Crippen LogP contribution in [0.5, 0.6) is 0 Å². The lowest BCUT2D eigenvalue weighted by Crippen LogP contribution is -2.09. The highest BCUT2D eigenvalue weighted by Crippen LogP contribution is 2.60. The molecule has 0 N–H and O–H groups in total. The van der Waals surface area contributed by atoms with Crippen molar-refractivity contribution < 1.29 is 0 Å². The molecule has 0 heterocycles. The van der Waals surface area contributed by atoms with Crippen LogP contribution in [-0.2, 0) is 0 Å². The minimum Gasteiger partial charge on any atom is -0.311 e. The smallest absolute Gasteiger partial charge is 0.0462 e. The van der Waals surface area contributed by atoms with E-state index < -0.39 is 0 Å². The molecule has 0 saturated heterocycles. The van der Waals surface area contributed by atoms with Gasteiger partial charge in [-0.15, -0.1) is 0 Å². The van der Waals surface area contributed by atoms with Crippen LogP contribution in [0.25, 0.3) is 43.8 Å². The molecule has 0 amide bonds. The van der Waals surface area contributed by atoms with Crippen molar-refractivity contribution in [2.24, 2.45) is 0 Å². The Balaban J connectivity index is 1.26. The zero-order valence-electron chi connectivity index (χ0n) is 26.8. The van der Waals surface area contributed by atoms with Gasteiger partial charge < -0.3 is 4.90 Å². The van der Waals surface area contributed by atoms with Crippen molar-refractivity contribution >= 4 is 60.9 Å². The van der Waals surface area contributed by atoms with Gasteiger partial charge in [0, 0.05) is 17.1 Å². The van der Waals surface area contributed by atoms with Crippen molar-refractivity contribution in [3.63, 3.8) is 0 Å². The first kappa shape index (κ1) is 27.7. The Morgan fingerprint density at radius 3 is 1.14 bits per heavy atom.